The van der Waals surface area contributed by atoms with Crippen LogP contribution in [0.1, 0.15) is 11.3 Å². The largest absolute Gasteiger partial charge is 0.486 e. The number of nitrogens with zero attached hydrogens (tertiary/aromatic N) is 1. The maximum atomic E-state index is 8.68. The molecule has 18 heavy (non-hydrogen) atoms. The fourth-order valence-electron chi connectivity index (χ4n) is 1.46. The number of hydrogen-bond donors (Lipinski definition) is 1. The maximum absolute atomic E-state index is 8.68. The number of aromatic nitrogens is 1. The van der Waals surface area contributed by atoms with Crippen LogP contribution in [0, 0.1) is 11.8 Å². The molecule has 0 bridgehead atoms. The van der Waals surface area contributed by atoms with Crippen molar-refractivity contribution >= 4 is 0 Å². The number of ether oxygens (including phenoxy) is 1. The highest BCUT2D eigenvalue weighted by Gasteiger charge is 2.01. The predicted octanol–water partition coefficient (Wildman–Crippen LogP) is 2.00. The Bertz CT molecular complexity index is 555. The molecule has 1 heterocycles. The SMILES string of the molecule is OCC#Cc1ncccc1OCc1ccccc1. The van der Waals surface area contributed by atoms with E-state index in [0.717, 1.165) is 5.56 Å². The monoisotopic (exact) mass is 239 g/mol. The molecular weight excluding hydrogens is 226 g/mol. The van der Waals surface area contributed by atoms with Gasteiger partial charge in [0.2, 0.25) is 0 Å². The van der Waals surface area contributed by atoms with Gasteiger partial charge in [-0.1, -0.05) is 36.3 Å². The van der Waals surface area contributed by atoms with Crippen molar-refractivity contribution in [2.45, 2.75) is 6.61 Å². The Balaban J connectivity index is 2.09. The number of pyridine rings is 1. The molecular formula is C15H13NO2. The minimum atomic E-state index is -0.186. The third-order valence-corrected chi connectivity index (χ3v) is 2.29. The average Bonchev–Trinajstić information content (AvgIpc) is 2.45. The first kappa shape index (κ1) is 12.2. The van der Waals surface area contributed by atoms with E-state index >= 15 is 0 Å². The Hall–Kier alpha value is -2.31. The zero-order valence-electron chi connectivity index (χ0n) is 9.84. The quantitative estimate of drug-likeness (QED) is 0.833. The molecule has 1 N–H and O–H groups in total. The Kier molecular flexibility index (Phi) is 4.34. The number of benzene rings is 1. The summed E-state index contributed by atoms with van der Waals surface area (Å²) in [6.45, 7) is 0.287. The first-order valence-electron chi connectivity index (χ1n) is 5.61. The van der Waals surface area contributed by atoms with E-state index in [1.807, 2.05) is 36.4 Å². The molecule has 0 atom stereocenters. The summed E-state index contributed by atoms with van der Waals surface area (Å²) in [5.74, 6) is 5.96. The second-order valence-corrected chi connectivity index (χ2v) is 3.58. The molecule has 2 aromatic rings. The van der Waals surface area contributed by atoms with E-state index in [1.165, 1.54) is 0 Å². The second-order valence-electron chi connectivity index (χ2n) is 3.58. The minimum absolute atomic E-state index is 0.186. The maximum Gasteiger partial charge on any atom is 0.155 e. The van der Waals surface area contributed by atoms with Crippen LogP contribution in [-0.2, 0) is 6.61 Å². The Labute approximate surface area is 106 Å². The fourth-order valence-corrected chi connectivity index (χ4v) is 1.46. The van der Waals surface area contributed by atoms with E-state index in [0.29, 0.717) is 18.1 Å². The number of rotatable bonds is 3. The number of hydrogen-bond acceptors (Lipinski definition) is 3. The molecule has 0 spiro atoms. The summed E-state index contributed by atoms with van der Waals surface area (Å²) in [4.78, 5) is 4.12. The summed E-state index contributed by atoms with van der Waals surface area (Å²) in [6, 6.07) is 13.5. The minimum Gasteiger partial charge on any atom is -0.486 e. The van der Waals surface area contributed by atoms with E-state index in [2.05, 4.69) is 16.8 Å². The standard InChI is InChI=1S/C15H13NO2/c17-11-5-8-14-15(9-4-10-16-14)18-12-13-6-2-1-3-7-13/h1-4,6-7,9-10,17H,11-12H2. The third kappa shape index (κ3) is 3.34. The van der Waals surface area contributed by atoms with Crippen LogP contribution in [0.3, 0.4) is 0 Å². The van der Waals surface area contributed by atoms with Crippen LogP contribution in [0.4, 0.5) is 0 Å². The van der Waals surface area contributed by atoms with Gasteiger partial charge in [0.05, 0.1) is 0 Å². The van der Waals surface area contributed by atoms with E-state index < -0.39 is 0 Å². The van der Waals surface area contributed by atoms with Crippen molar-refractivity contribution in [1.29, 1.82) is 0 Å². The first-order valence-corrected chi connectivity index (χ1v) is 5.61. The van der Waals surface area contributed by atoms with Crippen LogP contribution >= 0.6 is 0 Å². The Morgan fingerprint density at radius 1 is 1.11 bits per heavy atom. The Morgan fingerprint density at radius 2 is 1.94 bits per heavy atom. The highest BCUT2D eigenvalue weighted by molar-refractivity contribution is 5.40. The normalized spacial score (nSPS) is 9.39. The van der Waals surface area contributed by atoms with Gasteiger partial charge in [0, 0.05) is 6.20 Å². The van der Waals surface area contributed by atoms with Gasteiger partial charge >= 0.3 is 0 Å². The molecule has 3 heteroatoms. The lowest BCUT2D eigenvalue weighted by Crippen LogP contribution is -1.98. The highest BCUT2D eigenvalue weighted by atomic mass is 16.5. The highest BCUT2D eigenvalue weighted by Crippen LogP contribution is 2.15. The van der Waals surface area contributed by atoms with Gasteiger partial charge in [-0.15, -0.1) is 0 Å². The van der Waals surface area contributed by atoms with Crippen molar-refractivity contribution in [3.63, 3.8) is 0 Å². The van der Waals surface area contributed by atoms with Gasteiger partial charge in [-0.3, -0.25) is 0 Å². The molecule has 1 aromatic carbocycles. The van der Waals surface area contributed by atoms with E-state index in [9.17, 15) is 0 Å². The second kappa shape index (κ2) is 6.43. The van der Waals surface area contributed by atoms with Gasteiger partial charge in [-0.05, 0) is 23.6 Å². The van der Waals surface area contributed by atoms with Gasteiger partial charge in [0.1, 0.15) is 13.2 Å². The lowest BCUT2D eigenvalue weighted by molar-refractivity contribution is 0.304. The van der Waals surface area contributed by atoms with Crippen molar-refractivity contribution in [2.75, 3.05) is 6.61 Å². The van der Waals surface area contributed by atoms with Crippen LogP contribution in [0.2, 0.25) is 0 Å². The van der Waals surface area contributed by atoms with Gasteiger partial charge in [-0.25, -0.2) is 4.98 Å². The lowest BCUT2D eigenvalue weighted by Gasteiger charge is -2.07. The topological polar surface area (TPSA) is 42.4 Å². The summed E-state index contributed by atoms with van der Waals surface area (Å²) >= 11 is 0. The molecule has 0 aliphatic carbocycles. The summed E-state index contributed by atoms with van der Waals surface area (Å²) < 4.78 is 5.67. The van der Waals surface area contributed by atoms with Crippen LogP contribution in [0.25, 0.3) is 0 Å². The van der Waals surface area contributed by atoms with Crippen LogP contribution < -0.4 is 4.74 Å². The molecule has 0 aliphatic rings. The molecule has 1 aromatic heterocycles. The lowest BCUT2D eigenvalue weighted by atomic mass is 10.2. The molecule has 0 unspecified atom stereocenters. The summed E-state index contributed by atoms with van der Waals surface area (Å²) in [7, 11) is 0. The molecule has 3 nitrogen and oxygen atoms in total. The molecule has 0 saturated carbocycles. The van der Waals surface area contributed by atoms with Crippen LogP contribution in [0.15, 0.2) is 48.7 Å². The van der Waals surface area contributed by atoms with Crippen LogP contribution in [-0.4, -0.2) is 16.7 Å². The van der Waals surface area contributed by atoms with Gasteiger partial charge in [-0.2, -0.15) is 0 Å². The molecule has 0 radical (unpaired) electrons. The van der Waals surface area contributed by atoms with E-state index in [4.69, 9.17) is 9.84 Å². The average molecular weight is 239 g/mol. The summed E-state index contributed by atoms with van der Waals surface area (Å²) in [6.07, 6.45) is 1.65. The first-order chi connectivity index (χ1) is 8.90. The summed E-state index contributed by atoms with van der Waals surface area (Å²) in [5.41, 5.74) is 1.63. The molecule has 0 amide bonds. The molecule has 0 fully saturated rings. The van der Waals surface area contributed by atoms with Crippen molar-refractivity contribution in [1.82, 2.24) is 4.98 Å². The third-order valence-electron chi connectivity index (χ3n) is 2.29. The smallest absolute Gasteiger partial charge is 0.155 e. The van der Waals surface area contributed by atoms with Crippen molar-refractivity contribution < 1.29 is 9.84 Å². The number of aliphatic hydroxyl groups is 1. The van der Waals surface area contributed by atoms with Crippen molar-refractivity contribution in [3.8, 4) is 17.6 Å². The van der Waals surface area contributed by atoms with E-state index in [1.54, 1.807) is 12.3 Å². The number of aliphatic hydroxyl groups excluding tert-OH is 1. The van der Waals surface area contributed by atoms with E-state index in [-0.39, 0.29) is 6.61 Å². The Morgan fingerprint density at radius 3 is 2.72 bits per heavy atom. The zero-order chi connectivity index (χ0) is 12.6. The van der Waals surface area contributed by atoms with Gasteiger partial charge < -0.3 is 9.84 Å². The van der Waals surface area contributed by atoms with Crippen LogP contribution in [0.5, 0.6) is 5.75 Å². The van der Waals surface area contributed by atoms with Crippen molar-refractivity contribution in [2.24, 2.45) is 0 Å². The van der Waals surface area contributed by atoms with Crippen molar-refractivity contribution in [3.05, 3.63) is 59.9 Å². The molecule has 90 valence electrons. The summed E-state index contributed by atoms with van der Waals surface area (Å²) in [5, 5.41) is 8.68. The predicted molar refractivity (Wildman–Crippen MR) is 69.0 cm³/mol. The van der Waals surface area contributed by atoms with Gasteiger partial charge in [0.25, 0.3) is 0 Å². The molecule has 0 aliphatic heterocycles. The molecule has 0 saturated heterocycles. The fraction of sp³-hybridized carbons (Fsp3) is 0.133. The van der Waals surface area contributed by atoms with Gasteiger partial charge in [0.15, 0.2) is 11.4 Å². The molecule has 2 rings (SSSR count). The zero-order valence-corrected chi connectivity index (χ0v) is 9.84.